The molecule has 4 rings (SSSR count). The lowest BCUT2D eigenvalue weighted by Gasteiger charge is -2.14. The molecule has 2 aromatic heterocycles. The molecule has 128 valence electrons. The molecule has 1 aliphatic rings. The second-order valence-corrected chi connectivity index (χ2v) is 6.56. The van der Waals surface area contributed by atoms with Gasteiger partial charge >= 0.3 is 0 Å². The van der Waals surface area contributed by atoms with E-state index in [4.69, 9.17) is 4.52 Å². The number of amides is 1. The number of hydrogen-bond donors (Lipinski definition) is 1. The number of para-hydroxylation sites is 1. The fraction of sp³-hybridized carbons (Fsp3) is 0.316. The van der Waals surface area contributed by atoms with E-state index in [2.05, 4.69) is 10.1 Å². The van der Waals surface area contributed by atoms with Gasteiger partial charge in [0.05, 0.1) is 11.6 Å². The fourth-order valence-electron chi connectivity index (χ4n) is 3.34. The SMILES string of the molecule is Cc1cc(C(=O)N2C[C@@H](Cc3ccc4ccccc4n3)[C@H](O)C2)no1. The van der Waals surface area contributed by atoms with Crippen molar-refractivity contribution in [3.05, 3.63) is 59.6 Å². The number of pyridine rings is 1. The van der Waals surface area contributed by atoms with E-state index < -0.39 is 6.10 Å². The van der Waals surface area contributed by atoms with Crippen molar-refractivity contribution >= 4 is 16.8 Å². The van der Waals surface area contributed by atoms with Crippen LogP contribution in [0.1, 0.15) is 21.9 Å². The Morgan fingerprint density at radius 2 is 2.12 bits per heavy atom. The highest BCUT2D eigenvalue weighted by Gasteiger charge is 2.35. The van der Waals surface area contributed by atoms with Crippen LogP contribution in [0.3, 0.4) is 0 Å². The smallest absolute Gasteiger partial charge is 0.276 e. The lowest BCUT2D eigenvalue weighted by atomic mass is 9.99. The van der Waals surface area contributed by atoms with E-state index >= 15 is 0 Å². The zero-order valence-electron chi connectivity index (χ0n) is 13.9. The number of benzene rings is 1. The summed E-state index contributed by atoms with van der Waals surface area (Å²) in [6, 6.07) is 13.6. The molecule has 3 heterocycles. The number of nitrogens with zero attached hydrogens (tertiary/aromatic N) is 3. The average molecular weight is 337 g/mol. The third kappa shape index (κ3) is 3.13. The van der Waals surface area contributed by atoms with Gasteiger partial charge in [-0.1, -0.05) is 29.4 Å². The molecule has 6 heteroatoms. The van der Waals surface area contributed by atoms with Crippen LogP contribution in [0.25, 0.3) is 10.9 Å². The fourth-order valence-corrected chi connectivity index (χ4v) is 3.34. The van der Waals surface area contributed by atoms with Crippen LogP contribution >= 0.6 is 0 Å². The lowest BCUT2D eigenvalue weighted by molar-refractivity contribution is 0.0754. The van der Waals surface area contributed by atoms with Crippen LogP contribution < -0.4 is 0 Å². The Bertz CT molecular complexity index is 921. The summed E-state index contributed by atoms with van der Waals surface area (Å²) in [4.78, 5) is 18.8. The van der Waals surface area contributed by atoms with Crippen LogP contribution in [-0.4, -0.2) is 45.2 Å². The van der Waals surface area contributed by atoms with Crippen LogP contribution in [-0.2, 0) is 6.42 Å². The van der Waals surface area contributed by atoms with Crippen molar-refractivity contribution in [1.29, 1.82) is 0 Å². The molecule has 2 atom stereocenters. The average Bonchev–Trinajstić information content (AvgIpc) is 3.20. The van der Waals surface area contributed by atoms with Crippen molar-refractivity contribution in [1.82, 2.24) is 15.0 Å². The molecule has 1 aromatic carbocycles. The van der Waals surface area contributed by atoms with Crippen LogP contribution in [0.2, 0.25) is 0 Å². The maximum absolute atomic E-state index is 12.5. The van der Waals surface area contributed by atoms with Gasteiger partial charge in [-0.25, -0.2) is 0 Å². The normalized spacial score (nSPS) is 20.3. The highest BCUT2D eigenvalue weighted by atomic mass is 16.5. The molecule has 1 fully saturated rings. The van der Waals surface area contributed by atoms with Gasteiger partial charge in [0.2, 0.25) is 0 Å². The van der Waals surface area contributed by atoms with E-state index in [1.54, 1.807) is 17.9 Å². The third-order valence-corrected chi connectivity index (χ3v) is 4.67. The second kappa shape index (κ2) is 6.29. The van der Waals surface area contributed by atoms with Crippen LogP contribution in [0, 0.1) is 12.8 Å². The molecule has 0 radical (unpaired) electrons. The zero-order chi connectivity index (χ0) is 17.4. The first-order valence-corrected chi connectivity index (χ1v) is 8.35. The van der Waals surface area contributed by atoms with Crippen molar-refractivity contribution in [2.24, 2.45) is 5.92 Å². The Balaban J connectivity index is 1.48. The summed E-state index contributed by atoms with van der Waals surface area (Å²) >= 11 is 0. The second-order valence-electron chi connectivity index (χ2n) is 6.56. The minimum absolute atomic E-state index is 0.0365. The van der Waals surface area contributed by atoms with Crippen LogP contribution in [0.15, 0.2) is 47.0 Å². The quantitative estimate of drug-likeness (QED) is 0.793. The number of carbonyl (C=O) groups is 1. The molecule has 25 heavy (non-hydrogen) atoms. The Labute approximate surface area is 145 Å². The zero-order valence-corrected chi connectivity index (χ0v) is 13.9. The number of likely N-dealkylation sites (tertiary alicyclic amines) is 1. The number of fused-ring (bicyclic) bond motifs is 1. The van der Waals surface area contributed by atoms with Crippen LogP contribution in [0.4, 0.5) is 0 Å². The van der Waals surface area contributed by atoms with Crippen molar-refractivity contribution < 1.29 is 14.4 Å². The third-order valence-electron chi connectivity index (χ3n) is 4.67. The first kappa shape index (κ1) is 15.8. The van der Waals surface area contributed by atoms with Gasteiger partial charge < -0.3 is 14.5 Å². The summed E-state index contributed by atoms with van der Waals surface area (Å²) in [6.07, 6.45) is 0.0680. The van der Waals surface area contributed by atoms with Crippen LogP contribution in [0.5, 0.6) is 0 Å². The maximum atomic E-state index is 12.5. The van der Waals surface area contributed by atoms with Gasteiger partial charge in [0.1, 0.15) is 5.76 Å². The number of aliphatic hydroxyl groups excluding tert-OH is 1. The topological polar surface area (TPSA) is 79.5 Å². The van der Waals surface area contributed by atoms with Crippen molar-refractivity contribution in [2.75, 3.05) is 13.1 Å². The number of β-amino-alcohol motifs (C(OH)–C–C–N with tert-alkyl or cyclic N) is 1. The van der Waals surface area contributed by atoms with Crippen molar-refractivity contribution in [3.63, 3.8) is 0 Å². The van der Waals surface area contributed by atoms with E-state index in [-0.39, 0.29) is 17.5 Å². The molecule has 3 aromatic rings. The predicted octanol–water partition coefficient (Wildman–Crippen LogP) is 2.21. The number of aryl methyl sites for hydroxylation is 1. The molecular formula is C19H19N3O3. The Kier molecular flexibility index (Phi) is 3.97. The van der Waals surface area contributed by atoms with Gasteiger partial charge in [-0.3, -0.25) is 9.78 Å². The molecule has 1 amide bonds. The number of aromatic nitrogens is 2. The largest absolute Gasteiger partial charge is 0.391 e. The number of carbonyl (C=O) groups excluding carboxylic acids is 1. The lowest BCUT2D eigenvalue weighted by Crippen LogP contribution is -2.29. The number of hydrogen-bond acceptors (Lipinski definition) is 5. The molecule has 0 bridgehead atoms. The van der Waals surface area contributed by atoms with Gasteiger partial charge in [-0.15, -0.1) is 0 Å². The molecule has 0 saturated carbocycles. The first-order chi connectivity index (χ1) is 12.1. The minimum Gasteiger partial charge on any atom is -0.391 e. The van der Waals surface area contributed by atoms with Crippen molar-refractivity contribution in [2.45, 2.75) is 19.4 Å². The Morgan fingerprint density at radius 1 is 1.28 bits per heavy atom. The Hall–Kier alpha value is -2.73. The van der Waals surface area contributed by atoms with Gasteiger partial charge in [0.25, 0.3) is 5.91 Å². The highest BCUT2D eigenvalue weighted by Crippen LogP contribution is 2.23. The summed E-state index contributed by atoms with van der Waals surface area (Å²) in [5.74, 6) is 0.357. The van der Waals surface area contributed by atoms with Crippen molar-refractivity contribution in [3.8, 4) is 0 Å². The van der Waals surface area contributed by atoms with E-state index in [1.165, 1.54) is 0 Å². The summed E-state index contributed by atoms with van der Waals surface area (Å²) in [5.41, 5.74) is 2.15. The molecule has 1 saturated heterocycles. The van der Waals surface area contributed by atoms with Gasteiger partial charge in [0.15, 0.2) is 5.69 Å². The molecular weight excluding hydrogens is 318 g/mol. The number of rotatable bonds is 3. The molecule has 0 spiro atoms. The summed E-state index contributed by atoms with van der Waals surface area (Å²) in [7, 11) is 0. The van der Waals surface area contributed by atoms with E-state index in [0.29, 0.717) is 25.3 Å². The maximum Gasteiger partial charge on any atom is 0.276 e. The molecule has 1 aliphatic heterocycles. The van der Waals surface area contributed by atoms with Gasteiger partial charge in [-0.2, -0.15) is 0 Å². The van der Waals surface area contributed by atoms with Gasteiger partial charge in [0, 0.05) is 36.2 Å². The first-order valence-electron chi connectivity index (χ1n) is 8.35. The molecule has 0 aliphatic carbocycles. The van der Waals surface area contributed by atoms with E-state index in [0.717, 1.165) is 16.6 Å². The monoisotopic (exact) mass is 337 g/mol. The standard InChI is InChI=1S/C19H19N3O3/c1-12-8-17(21-25-12)19(24)22-10-14(18(23)11-22)9-15-7-6-13-4-2-3-5-16(13)20-15/h2-8,14,18,23H,9-11H2,1H3/t14-,18-/m1/s1. The molecule has 6 nitrogen and oxygen atoms in total. The van der Waals surface area contributed by atoms with E-state index in [1.807, 2.05) is 36.4 Å². The predicted molar refractivity (Wildman–Crippen MR) is 92.1 cm³/mol. The Morgan fingerprint density at radius 3 is 2.92 bits per heavy atom. The summed E-state index contributed by atoms with van der Waals surface area (Å²) in [5, 5.41) is 15.2. The van der Waals surface area contributed by atoms with Gasteiger partial charge in [-0.05, 0) is 25.5 Å². The number of aliphatic hydroxyl groups is 1. The molecule has 1 N–H and O–H groups in total. The van der Waals surface area contributed by atoms with E-state index in [9.17, 15) is 9.90 Å². The highest BCUT2D eigenvalue weighted by molar-refractivity contribution is 5.92. The summed E-state index contributed by atoms with van der Waals surface area (Å²) in [6.45, 7) is 2.54. The minimum atomic E-state index is -0.565. The molecule has 0 unspecified atom stereocenters. The summed E-state index contributed by atoms with van der Waals surface area (Å²) < 4.78 is 4.97.